The van der Waals surface area contributed by atoms with Crippen molar-refractivity contribution in [3.63, 3.8) is 0 Å². The van der Waals surface area contributed by atoms with E-state index in [1.165, 1.54) is 116 Å². The van der Waals surface area contributed by atoms with E-state index >= 15 is 0 Å². The van der Waals surface area contributed by atoms with Crippen molar-refractivity contribution in [2.45, 2.75) is 142 Å². The molecule has 0 radical (unpaired) electrons. The van der Waals surface area contributed by atoms with Crippen LogP contribution in [0.5, 0.6) is 0 Å². The van der Waals surface area contributed by atoms with Crippen LogP contribution in [0.4, 0.5) is 0 Å². The number of unbranched alkanes of at least 4 members (excludes halogenated alkanes) is 4. The molecule has 0 atom stereocenters. The molecule has 3 aliphatic carbocycles. The van der Waals surface area contributed by atoms with Gasteiger partial charge in [-0.05, 0) is 87.9 Å². The lowest BCUT2D eigenvalue weighted by atomic mass is 9.68. The van der Waals surface area contributed by atoms with Crippen LogP contribution >= 0.6 is 0 Å². The Bertz CT molecular complexity index is 484. The fourth-order valence-corrected chi connectivity index (χ4v) is 6.88. The zero-order chi connectivity index (χ0) is 21.0. The molecule has 0 amide bonds. The normalized spacial score (nSPS) is 34.9. The average Bonchev–Trinajstić information content (AvgIpc) is 2.80. The van der Waals surface area contributed by atoms with Gasteiger partial charge in [-0.2, -0.15) is 0 Å². The van der Waals surface area contributed by atoms with Gasteiger partial charge in [-0.15, -0.1) is 0 Å². The Morgan fingerprint density at radius 3 is 1.27 bits per heavy atom. The van der Waals surface area contributed by atoms with E-state index in [0.29, 0.717) is 0 Å². The average molecular weight is 413 g/mol. The van der Waals surface area contributed by atoms with E-state index in [4.69, 9.17) is 0 Å². The first-order valence-corrected chi connectivity index (χ1v) is 14.3. The lowest BCUT2D eigenvalue weighted by molar-refractivity contribution is 0.153. The summed E-state index contributed by atoms with van der Waals surface area (Å²) in [4.78, 5) is 0. The van der Waals surface area contributed by atoms with Gasteiger partial charge in [0.15, 0.2) is 0 Å². The highest BCUT2D eigenvalue weighted by molar-refractivity contribution is 5.09. The van der Waals surface area contributed by atoms with E-state index in [1.54, 1.807) is 12.8 Å². The van der Waals surface area contributed by atoms with Crippen LogP contribution in [0, 0.1) is 47.3 Å². The molecule has 0 saturated heterocycles. The third kappa shape index (κ3) is 8.24. The van der Waals surface area contributed by atoms with Gasteiger partial charge in [-0.3, -0.25) is 0 Å². The van der Waals surface area contributed by atoms with Crippen LogP contribution in [-0.4, -0.2) is 0 Å². The van der Waals surface area contributed by atoms with Crippen molar-refractivity contribution in [1.29, 1.82) is 0 Å². The maximum absolute atomic E-state index is 3.77. The predicted molar refractivity (Wildman–Crippen MR) is 132 cm³/mol. The maximum atomic E-state index is 3.77. The monoisotopic (exact) mass is 412 g/mol. The first kappa shape index (κ1) is 24.2. The van der Waals surface area contributed by atoms with Crippen molar-refractivity contribution >= 4 is 0 Å². The Morgan fingerprint density at radius 2 is 0.833 bits per heavy atom. The van der Waals surface area contributed by atoms with Crippen molar-refractivity contribution in [3.8, 4) is 11.8 Å². The lowest BCUT2D eigenvalue weighted by Crippen LogP contribution is -2.25. The van der Waals surface area contributed by atoms with Gasteiger partial charge in [-0.1, -0.05) is 89.9 Å². The van der Waals surface area contributed by atoms with Gasteiger partial charge in [0.2, 0.25) is 0 Å². The molecule has 3 aliphatic rings. The second-order valence-corrected chi connectivity index (χ2v) is 11.4. The summed E-state index contributed by atoms with van der Waals surface area (Å²) in [5.74, 6) is 13.2. The quantitative estimate of drug-likeness (QED) is 0.261. The minimum absolute atomic E-state index is 0.730. The van der Waals surface area contributed by atoms with Crippen molar-refractivity contribution in [3.05, 3.63) is 0 Å². The van der Waals surface area contributed by atoms with Crippen molar-refractivity contribution in [2.75, 3.05) is 0 Å². The van der Waals surface area contributed by atoms with Gasteiger partial charge < -0.3 is 0 Å². The zero-order valence-corrected chi connectivity index (χ0v) is 20.6. The Labute approximate surface area is 189 Å². The molecule has 0 aromatic carbocycles. The molecular weight excluding hydrogens is 360 g/mol. The third-order valence-electron chi connectivity index (χ3n) is 9.10. The summed E-state index contributed by atoms with van der Waals surface area (Å²) in [5.41, 5.74) is 0. The Morgan fingerprint density at radius 1 is 0.467 bits per heavy atom. The van der Waals surface area contributed by atoms with Crippen molar-refractivity contribution in [1.82, 2.24) is 0 Å². The van der Waals surface area contributed by atoms with Gasteiger partial charge in [-0.25, -0.2) is 0 Å². The molecule has 0 heteroatoms. The summed E-state index contributed by atoms with van der Waals surface area (Å²) in [7, 11) is 0. The third-order valence-corrected chi connectivity index (χ3v) is 9.10. The van der Waals surface area contributed by atoms with Crippen LogP contribution in [0.15, 0.2) is 0 Å². The summed E-state index contributed by atoms with van der Waals surface area (Å²) in [6.45, 7) is 4.65. The van der Waals surface area contributed by atoms with Gasteiger partial charge >= 0.3 is 0 Å². The molecule has 0 aromatic rings. The molecule has 0 aromatic heterocycles. The van der Waals surface area contributed by atoms with Gasteiger partial charge in [0.05, 0.1) is 0 Å². The highest BCUT2D eigenvalue weighted by atomic mass is 14.4. The van der Waals surface area contributed by atoms with E-state index in [0.717, 1.165) is 35.5 Å². The highest BCUT2D eigenvalue weighted by Crippen LogP contribution is 2.42. The number of rotatable bonds is 9. The van der Waals surface area contributed by atoms with Crippen LogP contribution in [-0.2, 0) is 0 Å². The molecule has 0 heterocycles. The maximum Gasteiger partial charge on any atom is 0.0203 e. The summed E-state index contributed by atoms with van der Waals surface area (Å²) >= 11 is 0. The topological polar surface area (TPSA) is 0 Å². The van der Waals surface area contributed by atoms with Crippen molar-refractivity contribution < 1.29 is 0 Å². The highest BCUT2D eigenvalue weighted by Gasteiger charge is 2.30. The Balaban J connectivity index is 1.29. The summed E-state index contributed by atoms with van der Waals surface area (Å²) in [6, 6.07) is 0. The molecule has 30 heavy (non-hydrogen) atoms. The molecule has 0 bridgehead atoms. The van der Waals surface area contributed by atoms with Gasteiger partial charge in [0, 0.05) is 11.8 Å². The number of hydrogen-bond acceptors (Lipinski definition) is 0. The van der Waals surface area contributed by atoms with Crippen LogP contribution in [0.25, 0.3) is 0 Å². The van der Waals surface area contributed by atoms with Gasteiger partial charge in [0.25, 0.3) is 0 Å². The molecule has 172 valence electrons. The van der Waals surface area contributed by atoms with Crippen molar-refractivity contribution in [2.24, 2.45) is 35.5 Å². The van der Waals surface area contributed by atoms with E-state index < -0.39 is 0 Å². The Hall–Kier alpha value is -0.440. The van der Waals surface area contributed by atoms with Crippen LogP contribution in [0.1, 0.15) is 142 Å². The van der Waals surface area contributed by atoms with Crippen LogP contribution in [0.3, 0.4) is 0 Å². The van der Waals surface area contributed by atoms with E-state index in [1.807, 2.05) is 0 Å². The minimum Gasteiger partial charge on any atom is -0.0996 e. The summed E-state index contributed by atoms with van der Waals surface area (Å²) in [6.07, 6.45) is 29.2. The SMILES string of the molecule is CCCCCC1CCC(C#CC2CCC(C3CCC(CCCCC)CC3)CC2)CC1. The standard InChI is InChI=1S/C30H52/c1-3-5-7-9-25-11-13-27(14-12-25)15-16-28-19-23-30(24-20-28)29-21-17-26(18-22-29)10-8-6-4-2/h25-30H,3-14,17-24H2,1-2H3. The molecule has 3 rings (SSSR count). The molecule has 3 saturated carbocycles. The second-order valence-electron chi connectivity index (χ2n) is 11.4. The summed E-state index contributed by atoms with van der Waals surface area (Å²) in [5, 5.41) is 0. The first-order valence-electron chi connectivity index (χ1n) is 14.3. The van der Waals surface area contributed by atoms with Crippen LogP contribution in [0.2, 0.25) is 0 Å². The van der Waals surface area contributed by atoms with Gasteiger partial charge in [0.1, 0.15) is 0 Å². The second kappa shape index (κ2) is 13.9. The molecule has 0 nitrogen and oxygen atoms in total. The van der Waals surface area contributed by atoms with E-state index in [9.17, 15) is 0 Å². The molecule has 0 spiro atoms. The lowest BCUT2D eigenvalue weighted by Gasteiger charge is -2.37. The van der Waals surface area contributed by atoms with E-state index in [-0.39, 0.29) is 0 Å². The van der Waals surface area contributed by atoms with E-state index in [2.05, 4.69) is 25.7 Å². The number of hydrogen-bond donors (Lipinski definition) is 0. The largest absolute Gasteiger partial charge is 0.0996 e. The first-order chi connectivity index (χ1) is 14.8. The molecule has 3 fully saturated rings. The fourth-order valence-electron chi connectivity index (χ4n) is 6.88. The fraction of sp³-hybridized carbons (Fsp3) is 0.933. The molecule has 0 unspecified atom stereocenters. The summed E-state index contributed by atoms with van der Waals surface area (Å²) < 4.78 is 0. The minimum atomic E-state index is 0.730. The molecular formula is C30H52. The zero-order valence-electron chi connectivity index (χ0n) is 20.6. The Kier molecular flexibility index (Phi) is 11.2. The smallest absolute Gasteiger partial charge is 0.0203 e. The molecule has 0 N–H and O–H groups in total. The predicted octanol–water partition coefficient (Wildman–Crippen LogP) is 9.57. The van der Waals surface area contributed by atoms with Crippen LogP contribution < -0.4 is 0 Å². The molecule has 0 aliphatic heterocycles.